The van der Waals surface area contributed by atoms with E-state index in [0.29, 0.717) is 6.54 Å². The number of hydrogen-bond acceptors (Lipinski definition) is 4. The number of aryl methyl sites for hydroxylation is 1. The van der Waals surface area contributed by atoms with E-state index >= 15 is 0 Å². The summed E-state index contributed by atoms with van der Waals surface area (Å²) in [4.78, 5) is 16.0. The largest absolute Gasteiger partial charge is 0.355 e. The highest BCUT2D eigenvalue weighted by atomic mass is 32.2. The van der Waals surface area contributed by atoms with E-state index in [9.17, 15) is 13.2 Å². The number of carbonyl (C=O) groups is 1. The average molecular weight is 350 g/mol. The third kappa shape index (κ3) is 6.13. The van der Waals surface area contributed by atoms with Gasteiger partial charge in [-0.15, -0.1) is 0 Å². The van der Waals surface area contributed by atoms with Gasteiger partial charge in [0.05, 0.1) is 19.1 Å². The Morgan fingerprint density at radius 3 is 2.67 bits per heavy atom. The number of nitrogens with zero attached hydrogens (tertiary/aromatic N) is 3. The number of imidazole rings is 1. The first kappa shape index (κ1) is 18.2. The van der Waals surface area contributed by atoms with Gasteiger partial charge < -0.3 is 9.88 Å². The van der Waals surface area contributed by atoms with Crippen LogP contribution < -0.4 is 5.32 Å². The SMILES string of the molecule is CS(=O)(=O)N(CC(=O)NCCCn1ccnc1)Cc1ccccc1. The highest BCUT2D eigenvalue weighted by Gasteiger charge is 2.20. The summed E-state index contributed by atoms with van der Waals surface area (Å²) in [5, 5.41) is 2.75. The van der Waals surface area contributed by atoms with Crippen LogP contribution in [0, 0.1) is 0 Å². The lowest BCUT2D eigenvalue weighted by molar-refractivity contribution is -0.121. The standard InChI is InChI=1S/C16H22N4O3S/c1-24(22,23)20(12-15-6-3-2-4-7-15)13-16(21)18-8-5-10-19-11-9-17-14-19/h2-4,6-7,9,11,14H,5,8,10,12-13H2,1H3,(H,18,21). The first-order valence-corrected chi connectivity index (χ1v) is 9.51. The predicted molar refractivity (Wildman–Crippen MR) is 91.5 cm³/mol. The molecule has 7 nitrogen and oxygen atoms in total. The fourth-order valence-corrected chi connectivity index (χ4v) is 2.94. The zero-order valence-electron chi connectivity index (χ0n) is 13.6. The molecular weight excluding hydrogens is 328 g/mol. The monoisotopic (exact) mass is 350 g/mol. The van der Waals surface area contributed by atoms with Crippen LogP contribution in [0.15, 0.2) is 49.1 Å². The number of benzene rings is 1. The van der Waals surface area contributed by atoms with Crippen molar-refractivity contribution in [1.29, 1.82) is 0 Å². The average Bonchev–Trinajstić information content (AvgIpc) is 3.04. The van der Waals surface area contributed by atoms with Gasteiger partial charge in [0.1, 0.15) is 0 Å². The highest BCUT2D eigenvalue weighted by Crippen LogP contribution is 2.07. The van der Waals surface area contributed by atoms with Crippen molar-refractivity contribution in [3.05, 3.63) is 54.6 Å². The molecule has 0 saturated heterocycles. The van der Waals surface area contributed by atoms with E-state index in [-0.39, 0.29) is 19.0 Å². The molecule has 24 heavy (non-hydrogen) atoms. The molecule has 2 rings (SSSR count). The molecule has 8 heteroatoms. The molecule has 1 N–H and O–H groups in total. The molecule has 0 aliphatic heterocycles. The topological polar surface area (TPSA) is 84.3 Å². The molecule has 0 atom stereocenters. The second kappa shape index (κ2) is 8.60. The van der Waals surface area contributed by atoms with E-state index in [1.54, 1.807) is 12.5 Å². The first-order chi connectivity index (χ1) is 11.4. The van der Waals surface area contributed by atoms with Gasteiger partial charge in [0, 0.05) is 32.0 Å². The summed E-state index contributed by atoms with van der Waals surface area (Å²) in [5.41, 5.74) is 0.843. The van der Waals surface area contributed by atoms with Crippen LogP contribution in [0.2, 0.25) is 0 Å². The third-order valence-electron chi connectivity index (χ3n) is 3.47. The van der Waals surface area contributed by atoms with E-state index in [2.05, 4.69) is 10.3 Å². The Kier molecular flexibility index (Phi) is 6.51. The molecule has 0 unspecified atom stereocenters. The molecule has 1 amide bonds. The Morgan fingerprint density at radius 1 is 1.29 bits per heavy atom. The molecule has 1 heterocycles. The van der Waals surface area contributed by atoms with Crippen molar-refractivity contribution in [2.45, 2.75) is 19.5 Å². The van der Waals surface area contributed by atoms with Crippen molar-refractivity contribution < 1.29 is 13.2 Å². The summed E-state index contributed by atoms with van der Waals surface area (Å²) < 4.78 is 26.9. The summed E-state index contributed by atoms with van der Waals surface area (Å²) in [7, 11) is -3.46. The van der Waals surface area contributed by atoms with Crippen molar-refractivity contribution in [2.75, 3.05) is 19.3 Å². The van der Waals surface area contributed by atoms with Gasteiger partial charge in [0.2, 0.25) is 15.9 Å². The summed E-state index contributed by atoms with van der Waals surface area (Å²) in [6, 6.07) is 9.21. The molecular formula is C16H22N4O3S. The Hall–Kier alpha value is -2.19. The summed E-state index contributed by atoms with van der Waals surface area (Å²) in [6.45, 7) is 1.24. The van der Waals surface area contributed by atoms with Crippen LogP contribution in [-0.4, -0.2) is 47.5 Å². The molecule has 0 radical (unpaired) electrons. The molecule has 0 aliphatic carbocycles. The Balaban J connectivity index is 1.81. The number of aromatic nitrogens is 2. The molecule has 130 valence electrons. The number of amides is 1. The summed E-state index contributed by atoms with van der Waals surface area (Å²) in [5.74, 6) is -0.304. The Morgan fingerprint density at radius 2 is 2.04 bits per heavy atom. The Labute approximate surface area is 142 Å². The van der Waals surface area contributed by atoms with E-state index < -0.39 is 10.0 Å². The fourth-order valence-electron chi connectivity index (χ4n) is 2.20. The van der Waals surface area contributed by atoms with Crippen molar-refractivity contribution in [3.63, 3.8) is 0 Å². The van der Waals surface area contributed by atoms with Gasteiger partial charge in [-0.05, 0) is 12.0 Å². The second-order valence-corrected chi connectivity index (χ2v) is 7.50. The van der Waals surface area contributed by atoms with Gasteiger partial charge in [-0.2, -0.15) is 4.31 Å². The molecule has 0 saturated carbocycles. The third-order valence-corrected chi connectivity index (χ3v) is 4.66. The minimum atomic E-state index is -3.46. The lowest BCUT2D eigenvalue weighted by atomic mass is 10.2. The van der Waals surface area contributed by atoms with E-state index in [4.69, 9.17) is 0 Å². The molecule has 1 aromatic heterocycles. The van der Waals surface area contributed by atoms with Crippen LogP contribution in [0.4, 0.5) is 0 Å². The zero-order valence-corrected chi connectivity index (χ0v) is 14.4. The van der Waals surface area contributed by atoms with Gasteiger partial charge in [0.25, 0.3) is 0 Å². The maximum Gasteiger partial charge on any atom is 0.235 e. The summed E-state index contributed by atoms with van der Waals surface area (Å²) in [6.07, 6.45) is 7.13. The summed E-state index contributed by atoms with van der Waals surface area (Å²) >= 11 is 0. The van der Waals surface area contributed by atoms with Gasteiger partial charge in [-0.3, -0.25) is 4.79 Å². The second-order valence-electron chi connectivity index (χ2n) is 5.52. The number of nitrogens with one attached hydrogen (secondary N) is 1. The van der Waals surface area contributed by atoms with E-state index in [1.807, 2.05) is 41.1 Å². The van der Waals surface area contributed by atoms with Gasteiger partial charge in [-0.25, -0.2) is 13.4 Å². The highest BCUT2D eigenvalue weighted by molar-refractivity contribution is 7.88. The van der Waals surface area contributed by atoms with Crippen molar-refractivity contribution in [1.82, 2.24) is 19.2 Å². The van der Waals surface area contributed by atoms with Crippen LogP contribution in [0.3, 0.4) is 0 Å². The van der Waals surface area contributed by atoms with Crippen molar-refractivity contribution in [2.24, 2.45) is 0 Å². The minimum absolute atomic E-state index is 0.182. The van der Waals surface area contributed by atoms with Gasteiger partial charge >= 0.3 is 0 Å². The van der Waals surface area contributed by atoms with Crippen LogP contribution in [0.25, 0.3) is 0 Å². The molecule has 0 spiro atoms. The molecule has 0 bridgehead atoms. The number of hydrogen-bond donors (Lipinski definition) is 1. The normalized spacial score (nSPS) is 11.6. The molecule has 2 aromatic rings. The smallest absolute Gasteiger partial charge is 0.235 e. The van der Waals surface area contributed by atoms with E-state index in [0.717, 1.165) is 24.8 Å². The minimum Gasteiger partial charge on any atom is -0.355 e. The lowest BCUT2D eigenvalue weighted by Crippen LogP contribution is -2.40. The number of carbonyl (C=O) groups excluding carboxylic acids is 1. The van der Waals surface area contributed by atoms with Gasteiger partial charge in [0.15, 0.2) is 0 Å². The number of rotatable bonds is 9. The van der Waals surface area contributed by atoms with Crippen molar-refractivity contribution in [3.8, 4) is 0 Å². The molecule has 0 fully saturated rings. The molecule has 0 aliphatic rings. The predicted octanol–water partition coefficient (Wildman–Crippen LogP) is 0.851. The quantitative estimate of drug-likeness (QED) is 0.680. The van der Waals surface area contributed by atoms with E-state index in [1.165, 1.54) is 4.31 Å². The van der Waals surface area contributed by atoms with Crippen molar-refractivity contribution >= 4 is 15.9 Å². The Bertz CT molecular complexity index is 730. The van der Waals surface area contributed by atoms with Crippen LogP contribution in [0.1, 0.15) is 12.0 Å². The zero-order chi connectivity index (χ0) is 17.4. The van der Waals surface area contributed by atoms with Crippen LogP contribution >= 0.6 is 0 Å². The fraction of sp³-hybridized carbons (Fsp3) is 0.375. The lowest BCUT2D eigenvalue weighted by Gasteiger charge is -2.19. The van der Waals surface area contributed by atoms with Crippen LogP contribution in [-0.2, 0) is 27.9 Å². The number of sulfonamides is 1. The van der Waals surface area contributed by atoms with Crippen LogP contribution in [0.5, 0.6) is 0 Å². The maximum absolute atomic E-state index is 12.0. The first-order valence-electron chi connectivity index (χ1n) is 7.66. The maximum atomic E-state index is 12.0. The molecule has 1 aromatic carbocycles. The van der Waals surface area contributed by atoms with Gasteiger partial charge in [-0.1, -0.05) is 30.3 Å².